The lowest BCUT2D eigenvalue weighted by molar-refractivity contribution is -0.122. The van der Waals surface area contributed by atoms with E-state index in [4.69, 9.17) is 22.1 Å². The van der Waals surface area contributed by atoms with Crippen molar-refractivity contribution < 1.29 is 35.1 Å². The average molecular weight is 539 g/mol. The number of nitrogens with two attached hydrogens (primary N) is 1. The fourth-order valence-corrected chi connectivity index (χ4v) is 6.07. The van der Waals surface area contributed by atoms with Crippen LogP contribution in [0.25, 0.3) is 0 Å². The molecule has 34 heavy (non-hydrogen) atoms. The molecule has 15 heteroatoms. The average Bonchev–Trinajstić information content (AvgIpc) is 2.76. The summed E-state index contributed by atoms with van der Waals surface area (Å²) in [6, 6.07) is 5.10. The van der Waals surface area contributed by atoms with Crippen LogP contribution in [0.15, 0.2) is 41.3 Å². The Morgan fingerprint density at radius 3 is 2.15 bits per heavy atom. The molecule has 2 aromatic carbocycles. The highest BCUT2D eigenvalue weighted by Gasteiger charge is 2.43. The van der Waals surface area contributed by atoms with Gasteiger partial charge in [-0.15, -0.1) is 0 Å². The maximum atomic E-state index is 14.7. The van der Waals surface area contributed by atoms with Crippen LogP contribution in [0.4, 0.5) is 8.78 Å². The molecule has 1 heterocycles. The first-order chi connectivity index (χ1) is 15.7. The van der Waals surface area contributed by atoms with Crippen molar-refractivity contribution in [1.29, 1.82) is 0 Å². The van der Waals surface area contributed by atoms with Crippen LogP contribution in [0.2, 0.25) is 5.02 Å². The second kappa shape index (κ2) is 9.71. The quantitative estimate of drug-likeness (QED) is 0.567. The molecule has 1 saturated heterocycles. The molecule has 3 rings (SSSR count). The van der Waals surface area contributed by atoms with Crippen LogP contribution in [0.1, 0.15) is 0 Å². The molecular weight excluding hydrogens is 518 g/mol. The lowest BCUT2D eigenvalue weighted by Gasteiger charge is -2.38. The van der Waals surface area contributed by atoms with E-state index >= 15 is 0 Å². The summed E-state index contributed by atoms with van der Waals surface area (Å²) in [5.41, 5.74) is 5.34. The standard InChI is InChI=1S/C19H21ClF2N4O6S2/c1-24(2)34(30,31)25-7-8-26(17(11-25)19(23)27)33(28,29)14-9-15(21)18(16(22)10-14)32-13-5-3-12(20)4-6-13/h3-6,9-10,17H,7-8,11H2,1-2H3,(H2,23,27)/t17-/m1/s1. The summed E-state index contributed by atoms with van der Waals surface area (Å²) in [7, 11) is -6.05. The van der Waals surface area contributed by atoms with E-state index in [1.807, 2.05) is 0 Å². The number of hydrogen-bond donors (Lipinski definition) is 1. The van der Waals surface area contributed by atoms with E-state index in [2.05, 4.69) is 0 Å². The van der Waals surface area contributed by atoms with E-state index < -0.39 is 67.6 Å². The van der Waals surface area contributed by atoms with E-state index in [0.29, 0.717) is 21.5 Å². The van der Waals surface area contributed by atoms with Gasteiger partial charge in [0.05, 0.1) is 4.90 Å². The maximum absolute atomic E-state index is 14.7. The number of carbonyl (C=O) groups excluding carboxylic acids is 1. The highest BCUT2D eigenvalue weighted by molar-refractivity contribution is 7.89. The molecule has 0 bridgehead atoms. The minimum absolute atomic E-state index is 0.0600. The molecule has 0 radical (unpaired) electrons. The number of sulfonamides is 1. The molecule has 1 fully saturated rings. The summed E-state index contributed by atoms with van der Waals surface area (Å²) < 4.78 is 88.0. The summed E-state index contributed by atoms with van der Waals surface area (Å²) in [5.74, 6) is -4.51. The van der Waals surface area contributed by atoms with E-state index in [9.17, 15) is 30.4 Å². The van der Waals surface area contributed by atoms with Crippen molar-refractivity contribution in [3.63, 3.8) is 0 Å². The number of amides is 1. The Morgan fingerprint density at radius 1 is 1.09 bits per heavy atom. The van der Waals surface area contributed by atoms with Gasteiger partial charge in [-0.25, -0.2) is 17.2 Å². The van der Waals surface area contributed by atoms with Crippen LogP contribution < -0.4 is 10.5 Å². The minimum atomic E-state index is -4.64. The summed E-state index contributed by atoms with van der Waals surface area (Å²) in [6.45, 7) is -1.32. The largest absolute Gasteiger partial charge is 0.451 e. The number of nitrogens with zero attached hydrogens (tertiary/aromatic N) is 3. The third-order valence-electron chi connectivity index (χ3n) is 5.02. The lowest BCUT2D eigenvalue weighted by Crippen LogP contribution is -2.61. The first kappa shape index (κ1) is 26.2. The Balaban J connectivity index is 1.93. The first-order valence-corrected chi connectivity index (χ1v) is 12.9. The predicted octanol–water partition coefficient (Wildman–Crippen LogP) is 1.38. The molecular formula is C19H21ClF2N4O6S2. The molecule has 10 nitrogen and oxygen atoms in total. The van der Waals surface area contributed by atoms with Gasteiger partial charge in [0.2, 0.25) is 15.9 Å². The second-order valence-corrected chi connectivity index (χ2v) is 11.9. The molecule has 0 aliphatic carbocycles. The van der Waals surface area contributed by atoms with Gasteiger partial charge in [-0.3, -0.25) is 4.79 Å². The van der Waals surface area contributed by atoms with Crippen LogP contribution in [0.3, 0.4) is 0 Å². The van der Waals surface area contributed by atoms with Crippen LogP contribution in [0, 0.1) is 11.6 Å². The topological polar surface area (TPSA) is 130 Å². The van der Waals surface area contributed by atoms with Gasteiger partial charge < -0.3 is 10.5 Å². The summed E-state index contributed by atoms with van der Waals surface area (Å²) in [4.78, 5) is 11.2. The predicted molar refractivity (Wildman–Crippen MR) is 119 cm³/mol. The Hall–Kier alpha value is -2.36. The Morgan fingerprint density at radius 2 is 1.65 bits per heavy atom. The molecule has 0 aromatic heterocycles. The zero-order chi connectivity index (χ0) is 25.4. The van der Waals surface area contributed by atoms with Gasteiger partial charge >= 0.3 is 0 Å². The third kappa shape index (κ3) is 5.16. The Labute approximate surface area is 200 Å². The SMILES string of the molecule is CN(C)S(=O)(=O)N1CCN(S(=O)(=O)c2cc(F)c(Oc3ccc(Cl)cc3)c(F)c2)[C@@H](C(N)=O)C1. The lowest BCUT2D eigenvalue weighted by atomic mass is 10.2. The van der Waals surface area contributed by atoms with Crippen molar-refractivity contribution in [2.24, 2.45) is 5.73 Å². The molecule has 2 aromatic rings. The zero-order valence-electron chi connectivity index (χ0n) is 18.0. The molecule has 186 valence electrons. The van der Waals surface area contributed by atoms with Gasteiger partial charge in [0, 0.05) is 38.8 Å². The Bertz CT molecular complexity index is 1280. The van der Waals surface area contributed by atoms with Crippen LogP contribution in [0.5, 0.6) is 11.5 Å². The van der Waals surface area contributed by atoms with Gasteiger partial charge in [0.25, 0.3) is 10.2 Å². The molecule has 0 spiro atoms. The first-order valence-electron chi connectivity index (χ1n) is 9.66. The molecule has 1 aliphatic rings. The van der Waals surface area contributed by atoms with E-state index in [-0.39, 0.29) is 12.3 Å². The molecule has 0 unspecified atom stereocenters. The summed E-state index contributed by atoms with van der Waals surface area (Å²) >= 11 is 5.76. The number of rotatable bonds is 7. The maximum Gasteiger partial charge on any atom is 0.281 e. The smallest absolute Gasteiger partial charge is 0.281 e. The minimum Gasteiger partial charge on any atom is -0.451 e. The number of primary amides is 1. The third-order valence-corrected chi connectivity index (χ3v) is 9.07. The highest BCUT2D eigenvalue weighted by Crippen LogP contribution is 2.32. The zero-order valence-corrected chi connectivity index (χ0v) is 20.4. The highest BCUT2D eigenvalue weighted by atomic mass is 35.5. The van der Waals surface area contributed by atoms with Crippen LogP contribution >= 0.6 is 11.6 Å². The number of carbonyl (C=O) groups is 1. The molecule has 0 saturated carbocycles. The van der Waals surface area contributed by atoms with Crippen molar-refractivity contribution in [2.45, 2.75) is 10.9 Å². The van der Waals surface area contributed by atoms with Crippen LogP contribution in [-0.4, -0.2) is 75.4 Å². The number of piperazine rings is 1. The fourth-order valence-electron chi connectivity index (χ4n) is 3.24. The number of ether oxygens (including phenoxy) is 1. The van der Waals surface area contributed by atoms with Crippen molar-refractivity contribution in [3.05, 3.63) is 53.1 Å². The second-order valence-electron chi connectivity index (χ2n) is 7.45. The molecule has 1 aliphatic heterocycles. The van der Waals surface area contributed by atoms with E-state index in [0.717, 1.165) is 8.61 Å². The van der Waals surface area contributed by atoms with Gasteiger partial charge in [-0.1, -0.05) is 11.6 Å². The van der Waals surface area contributed by atoms with Crippen molar-refractivity contribution in [1.82, 2.24) is 12.9 Å². The molecule has 1 atom stereocenters. The summed E-state index contributed by atoms with van der Waals surface area (Å²) in [5, 5.41) is 0.372. The molecule has 2 N–H and O–H groups in total. The normalized spacial score (nSPS) is 18.2. The van der Waals surface area contributed by atoms with Crippen molar-refractivity contribution >= 4 is 37.7 Å². The van der Waals surface area contributed by atoms with Crippen LogP contribution in [-0.2, 0) is 25.0 Å². The van der Waals surface area contributed by atoms with Gasteiger partial charge in [0.1, 0.15) is 11.8 Å². The number of benzene rings is 2. The number of halogens is 3. The van der Waals surface area contributed by atoms with Gasteiger partial charge in [0.15, 0.2) is 17.4 Å². The van der Waals surface area contributed by atoms with Crippen molar-refractivity contribution in [3.8, 4) is 11.5 Å². The molecule has 1 amide bonds. The summed E-state index contributed by atoms with van der Waals surface area (Å²) in [6.07, 6.45) is 0. The number of hydrogen-bond acceptors (Lipinski definition) is 6. The van der Waals surface area contributed by atoms with E-state index in [1.54, 1.807) is 0 Å². The Kier molecular flexibility index (Phi) is 7.50. The van der Waals surface area contributed by atoms with Gasteiger partial charge in [-0.05, 0) is 36.4 Å². The van der Waals surface area contributed by atoms with E-state index in [1.165, 1.54) is 38.4 Å². The monoisotopic (exact) mass is 538 g/mol. The van der Waals surface area contributed by atoms with Crippen molar-refractivity contribution in [2.75, 3.05) is 33.7 Å². The fraction of sp³-hybridized carbons (Fsp3) is 0.316. The van der Waals surface area contributed by atoms with Gasteiger partial charge in [-0.2, -0.15) is 21.3 Å².